The molecule has 1 amide bonds. The van der Waals surface area contributed by atoms with Gasteiger partial charge in [-0.25, -0.2) is 9.78 Å². The first-order valence-corrected chi connectivity index (χ1v) is 13.5. The molecule has 0 saturated carbocycles. The molecule has 1 fully saturated rings. The Morgan fingerprint density at radius 1 is 1.21 bits per heavy atom. The molecule has 1 aliphatic rings. The van der Waals surface area contributed by atoms with E-state index in [1.807, 2.05) is 42.6 Å². The van der Waals surface area contributed by atoms with Crippen LogP contribution in [0.15, 0.2) is 57.7 Å². The normalized spacial score (nSPS) is 14.4. The van der Waals surface area contributed by atoms with E-state index in [4.69, 9.17) is 19.1 Å². The number of H-pyrrole nitrogens is 1. The molecule has 202 valence electrons. The SMILES string of the molecule is CCOC(=O)CO/N=C(/C(=O)N1CCC(c2nc(-c3c(-c4ccccc4)noc3C)cs2)CC1)c1ccn[nH]1. The lowest BCUT2D eigenvalue weighted by Gasteiger charge is -2.31. The van der Waals surface area contributed by atoms with Gasteiger partial charge in [0.2, 0.25) is 6.61 Å². The Bertz CT molecular complexity index is 1440. The van der Waals surface area contributed by atoms with E-state index in [2.05, 4.69) is 20.5 Å². The third-order valence-corrected chi connectivity index (χ3v) is 7.43. The van der Waals surface area contributed by atoms with Crippen molar-refractivity contribution >= 4 is 28.9 Å². The summed E-state index contributed by atoms with van der Waals surface area (Å²) >= 11 is 1.61. The van der Waals surface area contributed by atoms with Gasteiger partial charge in [-0.1, -0.05) is 40.6 Å². The molecule has 0 unspecified atom stereocenters. The number of aromatic nitrogens is 4. The van der Waals surface area contributed by atoms with Gasteiger partial charge >= 0.3 is 5.97 Å². The van der Waals surface area contributed by atoms with Gasteiger partial charge in [0, 0.05) is 36.1 Å². The Balaban J connectivity index is 1.26. The maximum Gasteiger partial charge on any atom is 0.347 e. The quantitative estimate of drug-likeness (QED) is 0.187. The molecule has 1 N–H and O–H groups in total. The van der Waals surface area contributed by atoms with Crippen LogP contribution >= 0.6 is 11.3 Å². The number of oxime groups is 1. The number of nitrogens with one attached hydrogen (secondary N) is 1. The van der Waals surface area contributed by atoms with E-state index in [9.17, 15) is 9.59 Å². The molecular formula is C27H28N6O5S. The van der Waals surface area contributed by atoms with Crippen molar-refractivity contribution in [3.8, 4) is 22.5 Å². The molecule has 0 spiro atoms. The van der Waals surface area contributed by atoms with Crippen molar-refractivity contribution in [1.82, 2.24) is 25.2 Å². The zero-order valence-corrected chi connectivity index (χ0v) is 22.4. The van der Waals surface area contributed by atoms with Crippen LogP contribution in [0.1, 0.15) is 42.1 Å². The predicted octanol–water partition coefficient (Wildman–Crippen LogP) is 4.19. The van der Waals surface area contributed by atoms with Crippen molar-refractivity contribution in [1.29, 1.82) is 0 Å². The molecule has 4 heterocycles. The summed E-state index contributed by atoms with van der Waals surface area (Å²) in [4.78, 5) is 36.7. The monoisotopic (exact) mass is 548 g/mol. The summed E-state index contributed by atoms with van der Waals surface area (Å²) in [5.41, 5.74) is 3.97. The summed E-state index contributed by atoms with van der Waals surface area (Å²) in [6.07, 6.45) is 3.04. The summed E-state index contributed by atoms with van der Waals surface area (Å²) in [5, 5.41) is 17.9. The third-order valence-electron chi connectivity index (χ3n) is 6.42. The average molecular weight is 549 g/mol. The Morgan fingerprint density at radius 3 is 2.72 bits per heavy atom. The number of amides is 1. The van der Waals surface area contributed by atoms with Gasteiger partial charge in [-0.2, -0.15) is 5.10 Å². The minimum Gasteiger partial charge on any atom is -0.463 e. The van der Waals surface area contributed by atoms with E-state index in [0.717, 1.165) is 46.1 Å². The maximum atomic E-state index is 13.3. The number of carbonyl (C=O) groups is 2. The number of likely N-dealkylation sites (tertiary alicyclic amines) is 1. The fraction of sp³-hybridized carbons (Fsp3) is 0.333. The van der Waals surface area contributed by atoms with Gasteiger partial charge in [-0.05, 0) is 32.8 Å². The second-order valence-corrected chi connectivity index (χ2v) is 9.84. The number of hydrogen-bond acceptors (Lipinski definition) is 10. The lowest BCUT2D eigenvalue weighted by Crippen LogP contribution is -2.42. The molecule has 3 aromatic heterocycles. The highest BCUT2D eigenvalue weighted by molar-refractivity contribution is 7.10. The molecule has 1 aromatic carbocycles. The minimum absolute atomic E-state index is 0.0585. The maximum absolute atomic E-state index is 13.3. The molecule has 0 radical (unpaired) electrons. The Labute approximate surface area is 228 Å². The van der Waals surface area contributed by atoms with Gasteiger partial charge in [0.15, 0.2) is 5.71 Å². The molecule has 11 nitrogen and oxygen atoms in total. The van der Waals surface area contributed by atoms with Gasteiger partial charge in [0.25, 0.3) is 5.91 Å². The lowest BCUT2D eigenvalue weighted by atomic mass is 9.97. The van der Waals surface area contributed by atoms with Crippen LogP contribution in [0.25, 0.3) is 22.5 Å². The van der Waals surface area contributed by atoms with E-state index in [0.29, 0.717) is 18.8 Å². The van der Waals surface area contributed by atoms with E-state index in [1.165, 1.54) is 6.20 Å². The van der Waals surface area contributed by atoms with Crippen molar-refractivity contribution in [3.63, 3.8) is 0 Å². The highest BCUT2D eigenvalue weighted by Crippen LogP contribution is 2.38. The molecule has 0 bridgehead atoms. The van der Waals surface area contributed by atoms with Crippen molar-refractivity contribution in [3.05, 3.63) is 64.4 Å². The van der Waals surface area contributed by atoms with Crippen LogP contribution in [0.3, 0.4) is 0 Å². The van der Waals surface area contributed by atoms with Gasteiger partial charge in [0.1, 0.15) is 11.5 Å². The number of hydrogen-bond donors (Lipinski definition) is 1. The highest BCUT2D eigenvalue weighted by atomic mass is 32.1. The average Bonchev–Trinajstić information content (AvgIpc) is 3.73. The molecule has 0 atom stereocenters. The molecule has 12 heteroatoms. The van der Waals surface area contributed by atoms with Gasteiger partial charge in [-0.15, -0.1) is 11.3 Å². The Morgan fingerprint density at radius 2 is 2.00 bits per heavy atom. The lowest BCUT2D eigenvalue weighted by molar-refractivity contribution is -0.148. The standard InChI is InChI=1S/C27H28N6O5S/c1-3-36-22(34)15-37-31-25(20-9-12-28-30-20)27(35)33-13-10-19(11-14-33)26-29-21(16-39-26)23-17(2)38-32-24(23)18-7-5-4-6-8-18/h4-9,12,16,19H,3,10-11,13-15H2,1-2H3,(H,28,30)/b31-25+. The minimum atomic E-state index is -0.557. The molecular weight excluding hydrogens is 520 g/mol. The molecule has 39 heavy (non-hydrogen) atoms. The number of aromatic amines is 1. The second kappa shape index (κ2) is 12.0. The summed E-state index contributed by atoms with van der Waals surface area (Å²) in [7, 11) is 0. The largest absolute Gasteiger partial charge is 0.463 e. The number of esters is 1. The topological polar surface area (TPSA) is 136 Å². The van der Waals surface area contributed by atoms with Gasteiger partial charge in [-0.3, -0.25) is 9.89 Å². The number of benzene rings is 1. The Hall–Kier alpha value is -4.32. The first kappa shape index (κ1) is 26.3. The molecule has 5 rings (SSSR count). The van der Waals surface area contributed by atoms with E-state index >= 15 is 0 Å². The van der Waals surface area contributed by atoms with E-state index in [1.54, 1.807) is 29.2 Å². The molecule has 4 aromatic rings. The zero-order chi connectivity index (χ0) is 27.2. The fourth-order valence-electron chi connectivity index (χ4n) is 4.48. The number of rotatable bonds is 9. The van der Waals surface area contributed by atoms with Crippen LogP contribution in [-0.4, -0.2) is 69.1 Å². The van der Waals surface area contributed by atoms with Crippen LogP contribution in [-0.2, 0) is 19.2 Å². The Kier molecular flexibility index (Phi) is 8.11. The van der Waals surface area contributed by atoms with Crippen LogP contribution in [0.2, 0.25) is 0 Å². The summed E-state index contributed by atoms with van der Waals surface area (Å²) in [5.74, 6) is 0.0928. The number of piperidine rings is 1. The third kappa shape index (κ3) is 5.90. The number of thiazole rings is 1. The van der Waals surface area contributed by atoms with E-state index < -0.39 is 5.97 Å². The number of aryl methyl sites for hydroxylation is 1. The smallest absolute Gasteiger partial charge is 0.347 e. The predicted molar refractivity (Wildman–Crippen MR) is 144 cm³/mol. The van der Waals surface area contributed by atoms with Crippen LogP contribution in [0, 0.1) is 6.92 Å². The summed E-state index contributed by atoms with van der Waals surface area (Å²) in [6.45, 7) is 4.52. The molecule has 1 aliphatic heterocycles. The number of ether oxygens (including phenoxy) is 1. The van der Waals surface area contributed by atoms with Gasteiger partial charge < -0.3 is 19.0 Å². The van der Waals surface area contributed by atoms with Crippen molar-refractivity contribution < 1.29 is 23.7 Å². The van der Waals surface area contributed by atoms with Crippen LogP contribution in [0.5, 0.6) is 0 Å². The highest BCUT2D eigenvalue weighted by Gasteiger charge is 2.30. The van der Waals surface area contributed by atoms with Crippen molar-refractivity contribution in [2.24, 2.45) is 5.16 Å². The van der Waals surface area contributed by atoms with Crippen LogP contribution in [0.4, 0.5) is 0 Å². The van der Waals surface area contributed by atoms with Gasteiger partial charge in [0.05, 0.1) is 28.6 Å². The fourth-order valence-corrected chi connectivity index (χ4v) is 5.46. The summed E-state index contributed by atoms with van der Waals surface area (Å²) < 4.78 is 10.4. The first-order chi connectivity index (χ1) is 19.0. The number of carbonyl (C=O) groups excluding carboxylic acids is 2. The molecule has 0 aliphatic carbocycles. The van der Waals surface area contributed by atoms with Crippen molar-refractivity contribution in [2.75, 3.05) is 26.3 Å². The zero-order valence-electron chi connectivity index (χ0n) is 21.6. The number of nitrogens with zero attached hydrogens (tertiary/aromatic N) is 5. The van der Waals surface area contributed by atoms with E-state index in [-0.39, 0.29) is 30.8 Å². The molecule has 1 saturated heterocycles. The second-order valence-electron chi connectivity index (χ2n) is 8.95. The van der Waals surface area contributed by atoms with Crippen molar-refractivity contribution in [2.45, 2.75) is 32.6 Å². The first-order valence-electron chi connectivity index (χ1n) is 12.7. The summed E-state index contributed by atoms with van der Waals surface area (Å²) in [6, 6.07) is 11.5. The van der Waals surface area contributed by atoms with Crippen LogP contribution < -0.4 is 0 Å².